The number of aliphatic carboxylic acids is 1. The number of carbonyl (C=O) groups is 1. The molecule has 1 aliphatic rings. The summed E-state index contributed by atoms with van der Waals surface area (Å²) in [6.07, 6.45) is -0.696. The fourth-order valence-electron chi connectivity index (χ4n) is 3.60. The van der Waals surface area contributed by atoms with Gasteiger partial charge in [-0.25, -0.2) is 0 Å². The third-order valence-corrected chi connectivity index (χ3v) is 8.29. The molecule has 2 heterocycles. The molecule has 2 aromatic heterocycles. The summed E-state index contributed by atoms with van der Waals surface area (Å²) in [5.74, 6) is -0.966. The molecule has 0 spiro atoms. The number of alkyl halides is 3. The van der Waals surface area contributed by atoms with Crippen molar-refractivity contribution in [3.05, 3.63) is 45.7 Å². The number of thiophene rings is 1. The Morgan fingerprint density at radius 1 is 1.12 bits per heavy atom. The van der Waals surface area contributed by atoms with Gasteiger partial charge in [0.2, 0.25) is 4.73 Å². The highest BCUT2D eigenvalue weighted by Crippen LogP contribution is 2.45. The summed E-state index contributed by atoms with van der Waals surface area (Å²) in [6.45, 7) is 3.20. The number of benzene rings is 1. The van der Waals surface area contributed by atoms with E-state index in [1.165, 1.54) is 23.5 Å². The first-order valence-electron chi connectivity index (χ1n) is 9.85. The normalized spacial score (nSPS) is 14.4. The smallest absolute Gasteiger partial charge is 0.416 e. The van der Waals surface area contributed by atoms with Gasteiger partial charge in [0.05, 0.1) is 5.56 Å². The number of nitrogens with zero attached hydrogens (tertiary/aromatic N) is 3. The lowest BCUT2D eigenvalue weighted by atomic mass is 9.91. The van der Waals surface area contributed by atoms with E-state index in [0.717, 1.165) is 76.1 Å². The van der Waals surface area contributed by atoms with Gasteiger partial charge in [-0.15, -0.1) is 21.5 Å². The number of hydrogen-bond acceptors (Lipinski definition) is 5. The van der Waals surface area contributed by atoms with Crippen molar-refractivity contribution < 1.29 is 23.1 Å². The van der Waals surface area contributed by atoms with Crippen molar-refractivity contribution in [2.24, 2.45) is 0 Å². The van der Waals surface area contributed by atoms with Crippen molar-refractivity contribution in [3.63, 3.8) is 0 Å². The van der Waals surface area contributed by atoms with Crippen molar-refractivity contribution in [3.8, 4) is 15.4 Å². The maximum atomic E-state index is 13.0. The van der Waals surface area contributed by atoms with Crippen LogP contribution < -0.4 is 0 Å². The number of thioether (sulfide) groups is 1. The Balaban J connectivity index is 1.82. The van der Waals surface area contributed by atoms with Crippen molar-refractivity contribution >= 4 is 45.0 Å². The standard InChI is InChI=1S/C21H19BrF3N3O2S2/c1-20(2,17(29)30)32-19-27-26-18(22)28(19)16-14-6-4-3-5-13(14)15(31-16)11-7-9-12(10-8-11)21(23,24)25/h7-10H,3-6H2,1-2H3,(H,29,30). The molecule has 5 nitrogen and oxygen atoms in total. The average molecular weight is 546 g/mol. The zero-order chi connectivity index (χ0) is 23.3. The number of carboxylic acids is 1. The van der Waals surface area contributed by atoms with Crippen LogP contribution in [0.4, 0.5) is 13.2 Å². The van der Waals surface area contributed by atoms with Gasteiger partial charge < -0.3 is 5.11 Å². The number of halogens is 4. The van der Waals surface area contributed by atoms with Crippen LogP contribution in [0.15, 0.2) is 34.2 Å². The lowest BCUT2D eigenvalue weighted by Crippen LogP contribution is -2.27. The van der Waals surface area contributed by atoms with Crippen molar-refractivity contribution in [1.82, 2.24) is 14.8 Å². The van der Waals surface area contributed by atoms with E-state index >= 15 is 0 Å². The molecule has 32 heavy (non-hydrogen) atoms. The second-order valence-corrected chi connectivity index (χ2v) is 11.3. The molecule has 0 aliphatic heterocycles. The molecule has 4 rings (SSSR count). The highest BCUT2D eigenvalue weighted by Gasteiger charge is 2.34. The molecule has 1 aliphatic carbocycles. The van der Waals surface area contributed by atoms with Gasteiger partial charge in [-0.3, -0.25) is 9.36 Å². The van der Waals surface area contributed by atoms with Gasteiger partial charge >= 0.3 is 12.1 Å². The van der Waals surface area contributed by atoms with Crippen LogP contribution in [-0.4, -0.2) is 30.6 Å². The molecule has 0 fully saturated rings. The number of rotatable bonds is 5. The Hall–Kier alpha value is -1.85. The van der Waals surface area contributed by atoms with E-state index in [1.54, 1.807) is 18.4 Å². The maximum absolute atomic E-state index is 13.0. The lowest BCUT2D eigenvalue weighted by Gasteiger charge is -2.19. The van der Waals surface area contributed by atoms with Gasteiger partial charge in [-0.2, -0.15) is 13.2 Å². The van der Waals surface area contributed by atoms with Gasteiger partial charge in [-0.1, -0.05) is 23.9 Å². The zero-order valence-electron chi connectivity index (χ0n) is 17.2. The van der Waals surface area contributed by atoms with Crippen LogP contribution in [0.3, 0.4) is 0 Å². The van der Waals surface area contributed by atoms with Gasteiger partial charge in [0, 0.05) is 4.88 Å². The van der Waals surface area contributed by atoms with E-state index in [9.17, 15) is 23.1 Å². The first kappa shape index (κ1) is 23.3. The molecule has 0 saturated heterocycles. The van der Waals surface area contributed by atoms with E-state index in [1.807, 2.05) is 0 Å². The molecule has 0 bridgehead atoms. The van der Waals surface area contributed by atoms with Crippen LogP contribution in [0.5, 0.6) is 0 Å². The summed E-state index contributed by atoms with van der Waals surface area (Å²) in [6, 6.07) is 5.24. The first-order chi connectivity index (χ1) is 15.0. The Labute approximate surface area is 199 Å². The van der Waals surface area contributed by atoms with Crippen LogP contribution in [-0.2, 0) is 23.8 Å². The van der Waals surface area contributed by atoms with E-state index in [-0.39, 0.29) is 0 Å². The summed E-state index contributed by atoms with van der Waals surface area (Å²) >= 11 is 6.00. The Bertz CT molecular complexity index is 1170. The third-order valence-electron chi connectivity index (χ3n) is 5.33. The van der Waals surface area contributed by atoms with E-state index in [2.05, 4.69) is 26.1 Å². The number of hydrogen-bond donors (Lipinski definition) is 1. The molecule has 0 radical (unpaired) electrons. The van der Waals surface area contributed by atoms with Crippen LogP contribution >= 0.6 is 39.0 Å². The molecule has 0 saturated carbocycles. The number of carboxylic acid groups (broad SMARTS) is 1. The molecule has 0 amide bonds. The minimum absolute atomic E-state index is 0.442. The van der Waals surface area contributed by atoms with Gasteiger partial charge in [0.25, 0.3) is 0 Å². The average Bonchev–Trinajstić information content (AvgIpc) is 3.27. The summed E-state index contributed by atoms with van der Waals surface area (Å²) in [4.78, 5) is 12.6. The van der Waals surface area contributed by atoms with Crippen molar-refractivity contribution in [2.75, 3.05) is 0 Å². The van der Waals surface area contributed by atoms with Gasteiger partial charge in [0.1, 0.15) is 9.75 Å². The topological polar surface area (TPSA) is 68.0 Å². The maximum Gasteiger partial charge on any atom is 0.416 e. The predicted molar refractivity (Wildman–Crippen MR) is 122 cm³/mol. The van der Waals surface area contributed by atoms with Gasteiger partial charge in [-0.05, 0) is 84.3 Å². The Morgan fingerprint density at radius 3 is 2.34 bits per heavy atom. The number of aromatic nitrogens is 3. The summed E-state index contributed by atoms with van der Waals surface area (Å²) in [5, 5.41) is 19.1. The minimum Gasteiger partial charge on any atom is -0.480 e. The first-order valence-corrected chi connectivity index (χ1v) is 12.3. The SMILES string of the molecule is CC(C)(Sc1nnc(Br)n1-c1sc(-c2ccc(C(F)(F)F)cc2)c2c1CCCC2)C(=O)O. The molecule has 1 N–H and O–H groups in total. The largest absolute Gasteiger partial charge is 0.480 e. The number of fused-ring (bicyclic) bond motifs is 1. The highest BCUT2D eigenvalue weighted by molar-refractivity contribution is 9.10. The minimum atomic E-state index is -4.38. The van der Waals surface area contributed by atoms with E-state index < -0.39 is 22.5 Å². The van der Waals surface area contributed by atoms with Crippen LogP contribution in [0.25, 0.3) is 15.4 Å². The fourth-order valence-corrected chi connectivity index (χ4v) is 6.62. The Kier molecular flexibility index (Phi) is 6.19. The fraction of sp³-hybridized carbons (Fsp3) is 0.381. The summed E-state index contributed by atoms with van der Waals surface area (Å²) < 4.78 is 40.2. The van der Waals surface area contributed by atoms with Crippen LogP contribution in [0, 0.1) is 0 Å². The molecule has 170 valence electrons. The lowest BCUT2D eigenvalue weighted by molar-refractivity contribution is -0.139. The molecule has 1 aromatic carbocycles. The second kappa shape index (κ2) is 8.49. The zero-order valence-corrected chi connectivity index (χ0v) is 20.4. The van der Waals surface area contributed by atoms with Crippen molar-refractivity contribution in [1.29, 1.82) is 0 Å². The quantitative estimate of drug-likeness (QED) is 0.365. The molecule has 3 aromatic rings. The van der Waals surface area contributed by atoms with Crippen LogP contribution in [0.2, 0.25) is 0 Å². The molecular weight excluding hydrogens is 527 g/mol. The van der Waals surface area contributed by atoms with E-state index in [4.69, 9.17) is 0 Å². The van der Waals surface area contributed by atoms with Crippen molar-refractivity contribution in [2.45, 2.75) is 55.6 Å². The predicted octanol–water partition coefficient (Wildman–Crippen LogP) is 6.61. The molecular formula is C21H19BrF3N3O2S2. The molecule has 0 atom stereocenters. The molecule has 11 heteroatoms. The van der Waals surface area contributed by atoms with Crippen LogP contribution in [0.1, 0.15) is 43.4 Å². The third kappa shape index (κ3) is 4.34. The summed E-state index contributed by atoms with van der Waals surface area (Å²) in [5.41, 5.74) is 2.30. The Morgan fingerprint density at radius 2 is 1.75 bits per heavy atom. The summed E-state index contributed by atoms with van der Waals surface area (Å²) in [7, 11) is 0. The second-order valence-electron chi connectivity index (χ2n) is 7.98. The van der Waals surface area contributed by atoms with E-state index in [0.29, 0.717) is 9.89 Å². The van der Waals surface area contributed by atoms with Gasteiger partial charge in [0.15, 0.2) is 5.16 Å². The highest BCUT2D eigenvalue weighted by atomic mass is 79.9. The monoisotopic (exact) mass is 545 g/mol. The molecule has 0 unspecified atom stereocenters.